The zero-order chi connectivity index (χ0) is 24.5. The molecule has 7 heteroatoms. The van der Waals surface area contributed by atoms with Crippen molar-refractivity contribution < 1.29 is 9.59 Å². The summed E-state index contributed by atoms with van der Waals surface area (Å²) in [5.41, 5.74) is 3.00. The third-order valence-electron chi connectivity index (χ3n) is 5.46. The molecule has 4 nitrogen and oxygen atoms in total. The maximum absolute atomic E-state index is 13.5. The lowest BCUT2D eigenvalue weighted by Crippen LogP contribution is -2.49. The number of carbonyl (C=O) groups is 2. The van der Waals surface area contributed by atoms with Gasteiger partial charge in [0.25, 0.3) is 0 Å². The fourth-order valence-corrected chi connectivity index (χ4v) is 4.75. The van der Waals surface area contributed by atoms with Crippen LogP contribution in [0, 0.1) is 6.92 Å². The Kier molecular flexibility index (Phi) is 9.87. The highest BCUT2D eigenvalue weighted by Crippen LogP contribution is 2.25. The number of hydrogen-bond donors (Lipinski definition) is 1. The topological polar surface area (TPSA) is 49.4 Å². The van der Waals surface area contributed by atoms with Gasteiger partial charge in [-0.3, -0.25) is 9.59 Å². The van der Waals surface area contributed by atoms with Gasteiger partial charge in [-0.1, -0.05) is 77.3 Å². The quantitative estimate of drug-likeness (QED) is 0.329. The van der Waals surface area contributed by atoms with Crippen molar-refractivity contribution in [1.29, 1.82) is 0 Å². The molecule has 0 saturated heterocycles. The molecule has 178 valence electrons. The van der Waals surface area contributed by atoms with E-state index in [0.717, 1.165) is 16.0 Å². The molecule has 0 aliphatic heterocycles. The van der Waals surface area contributed by atoms with E-state index in [1.165, 1.54) is 5.56 Å². The van der Waals surface area contributed by atoms with Crippen molar-refractivity contribution in [3.05, 3.63) is 99.5 Å². The van der Waals surface area contributed by atoms with E-state index in [2.05, 4.69) is 29.6 Å². The monoisotopic (exact) mass is 514 g/mol. The van der Waals surface area contributed by atoms with Crippen molar-refractivity contribution in [3.63, 3.8) is 0 Å². The lowest BCUT2D eigenvalue weighted by atomic mass is 10.0. The first-order valence-electron chi connectivity index (χ1n) is 11.1. The normalized spacial score (nSPS) is 11.6. The van der Waals surface area contributed by atoms with E-state index < -0.39 is 6.04 Å². The molecule has 1 N–H and O–H groups in total. The molecule has 1 atom stereocenters. The zero-order valence-electron chi connectivity index (χ0n) is 19.3. The Balaban J connectivity index is 1.82. The van der Waals surface area contributed by atoms with Gasteiger partial charge >= 0.3 is 0 Å². The molecule has 0 heterocycles. The molecule has 3 aromatic carbocycles. The first-order chi connectivity index (χ1) is 16.4. The molecule has 2 amide bonds. The van der Waals surface area contributed by atoms with Gasteiger partial charge in [0, 0.05) is 37.1 Å². The average molecular weight is 516 g/mol. The highest BCUT2D eigenvalue weighted by Gasteiger charge is 2.29. The van der Waals surface area contributed by atoms with Crippen molar-refractivity contribution in [1.82, 2.24) is 10.2 Å². The minimum Gasteiger partial charge on any atom is -0.357 e. The predicted molar refractivity (Wildman–Crippen MR) is 142 cm³/mol. The van der Waals surface area contributed by atoms with Crippen molar-refractivity contribution in [2.24, 2.45) is 0 Å². The molecule has 0 fully saturated rings. The minimum atomic E-state index is -0.654. The van der Waals surface area contributed by atoms with Crippen LogP contribution in [0.15, 0.2) is 77.7 Å². The molecule has 0 radical (unpaired) electrons. The Labute approximate surface area is 215 Å². The molecule has 3 aromatic rings. The second-order valence-electron chi connectivity index (χ2n) is 8.00. The van der Waals surface area contributed by atoms with Gasteiger partial charge in [-0.2, -0.15) is 0 Å². The van der Waals surface area contributed by atoms with Crippen LogP contribution in [0.1, 0.15) is 23.1 Å². The second-order valence-corrected chi connectivity index (χ2v) is 9.98. The number of hydrogen-bond acceptors (Lipinski definition) is 3. The zero-order valence-corrected chi connectivity index (χ0v) is 21.6. The molecule has 0 aliphatic rings. The van der Waals surface area contributed by atoms with Crippen molar-refractivity contribution in [2.75, 3.05) is 12.8 Å². The van der Waals surface area contributed by atoms with E-state index in [1.54, 1.807) is 35.8 Å². The molecule has 0 unspecified atom stereocenters. The molecule has 0 spiro atoms. The van der Waals surface area contributed by atoms with E-state index in [4.69, 9.17) is 23.2 Å². The number of halogens is 2. The van der Waals surface area contributed by atoms with Gasteiger partial charge in [-0.25, -0.2) is 0 Å². The summed E-state index contributed by atoms with van der Waals surface area (Å²) in [6.07, 6.45) is 0.723. The molecule has 0 aliphatic carbocycles. The second kappa shape index (κ2) is 12.8. The van der Waals surface area contributed by atoms with Gasteiger partial charge in [0.15, 0.2) is 0 Å². The standard InChI is InChI=1S/C27H28Cl2N2O2S/c1-19-8-11-22(12-9-19)34-15-14-26(32)31(18-21-10-13-23(28)24(29)16-21)25(27(33)30-2)17-20-6-4-3-5-7-20/h3-13,16,25H,14-15,17-18H2,1-2H3,(H,30,33)/t25-/m0/s1. The summed E-state index contributed by atoms with van der Waals surface area (Å²) in [4.78, 5) is 29.2. The van der Waals surface area contributed by atoms with Crippen LogP contribution in [0.4, 0.5) is 0 Å². The third-order valence-corrected chi connectivity index (χ3v) is 7.21. The van der Waals surface area contributed by atoms with Crippen LogP contribution >= 0.6 is 35.0 Å². The number of nitrogens with one attached hydrogen (secondary N) is 1. The van der Waals surface area contributed by atoms with E-state index in [9.17, 15) is 9.59 Å². The molecular formula is C27H28Cl2N2O2S. The van der Waals surface area contributed by atoms with Gasteiger partial charge in [0.05, 0.1) is 10.0 Å². The minimum absolute atomic E-state index is 0.0878. The Morgan fingerprint density at radius 2 is 1.65 bits per heavy atom. The van der Waals surface area contributed by atoms with E-state index in [0.29, 0.717) is 28.6 Å². The summed E-state index contributed by atoms with van der Waals surface area (Å²) >= 11 is 13.9. The average Bonchev–Trinajstić information content (AvgIpc) is 2.84. The van der Waals surface area contributed by atoms with Crippen LogP contribution in [0.5, 0.6) is 0 Å². The smallest absolute Gasteiger partial charge is 0.242 e. The molecule has 34 heavy (non-hydrogen) atoms. The van der Waals surface area contributed by atoms with Crippen molar-refractivity contribution in [2.45, 2.75) is 37.2 Å². The van der Waals surface area contributed by atoms with Crippen molar-refractivity contribution in [3.8, 4) is 0 Å². The fourth-order valence-electron chi connectivity index (χ4n) is 3.59. The Bertz CT molecular complexity index is 1110. The molecule has 0 aromatic heterocycles. The number of amides is 2. The van der Waals surface area contributed by atoms with Gasteiger partial charge in [0.1, 0.15) is 6.04 Å². The van der Waals surface area contributed by atoms with Crippen LogP contribution < -0.4 is 5.32 Å². The third kappa shape index (κ3) is 7.52. The highest BCUT2D eigenvalue weighted by atomic mass is 35.5. The molecule has 0 bridgehead atoms. The summed E-state index contributed by atoms with van der Waals surface area (Å²) in [6.45, 7) is 2.31. The van der Waals surface area contributed by atoms with E-state index >= 15 is 0 Å². The number of nitrogens with zero attached hydrogens (tertiary/aromatic N) is 1. The van der Waals surface area contributed by atoms with Gasteiger partial charge < -0.3 is 10.2 Å². The largest absolute Gasteiger partial charge is 0.357 e. The Morgan fingerprint density at radius 1 is 0.941 bits per heavy atom. The van der Waals surface area contributed by atoms with Gasteiger partial charge in [0.2, 0.25) is 11.8 Å². The number of likely N-dealkylation sites (N-methyl/N-ethyl adjacent to an activating group) is 1. The molecule has 0 saturated carbocycles. The van der Waals surface area contributed by atoms with Gasteiger partial charge in [-0.05, 0) is 42.3 Å². The van der Waals surface area contributed by atoms with E-state index in [1.807, 2.05) is 43.3 Å². The van der Waals surface area contributed by atoms with E-state index in [-0.39, 0.29) is 18.4 Å². The Hall–Kier alpha value is -2.47. The number of rotatable bonds is 10. The molecular weight excluding hydrogens is 487 g/mol. The van der Waals surface area contributed by atoms with Crippen LogP contribution in [0.2, 0.25) is 10.0 Å². The fraction of sp³-hybridized carbons (Fsp3) is 0.259. The van der Waals surface area contributed by atoms with Crippen LogP contribution in [0.25, 0.3) is 0 Å². The predicted octanol–water partition coefficient (Wildman–Crippen LogP) is 6.17. The summed E-state index contributed by atoms with van der Waals surface area (Å²) < 4.78 is 0. The van der Waals surface area contributed by atoms with Crippen LogP contribution in [-0.4, -0.2) is 35.6 Å². The lowest BCUT2D eigenvalue weighted by molar-refractivity contribution is -0.140. The van der Waals surface area contributed by atoms with Gasteiger partial charge in [-0.15, -0.1) is 11.8 Å². The van der Waals surface area contributed by atoms with Crippen LogP contribution in [-0.2, 0) is 22.6 Å². The number of aryl methyl sites for hydroxylation is 1. The maximum atomic E-state index is 13.5. The number of benzene rings is 3. The summed E-state index contributed by atoms with van der Waals surface area (Å²) in [5, 5.41) is 3.60. The summed E-state index contributed by atoms with van der Waals surface area (Å²) in [5.74, 6) is 0.324. The molecule has 3 rings (SSSR count). The Morgan fingerprint density at radius 3 is 2.29 bits per heavy atom. The summed E-state index contributed by atoms with van der Waals surface area (Å²) in [6, 6.07) is 22.6. The number of thioether (sulfide) groups is 1. The SMILES string of the molecule is CNC(=O)[C@H](Cc1ccccc1)N(Cc1ccc(Cl)c(Cl)c1)C(=O)CCSc1ccc(C)cc1. The first kappa shape index (κ1) is 26.1. The first-order valence-corrected chi connectivity index (χ1v) is 12.8. The summed E-state index contributed by atoms with van der Waals surface area (Å²) in [7, 11) is 1.59. The lowest BCUT2D eigenvalue weighted by Gasteiger charge is -2.31. The maximum Gasteiger partial charge on any atom is 0.242 e. The number of carbonyl (C=O) groups excluding carboxylic acids is 2. The van der Waals surface area contributed by atoms with Crippen molar-refractivity contribution >= 4 is 46.8 Å². The van der Waals surface area contributed by atoms with Crippen LogP contribution in [0.3, 0.4) is 0 Å². The highest BCUT2D eigenvalue weighted by molar-refractivity contribution is 7.99.